The van der Waals surface area contributed by atoms with Crippen molar-refractivity contribution < 1.29 is 13.3 Å². The summed E-state index contributed by atoms with van der Waals surface area (Å²) in [4.78, 5) is 5.47. The van der Waals surface area contributed by atoms with Gasteiger partial charge in [-0.3, -0.25) is 4.84 Å². The normalized spacial score (nSPS) is 27.1. The number of benzene rings is 1. The van der Waals surface area contributed by atoms with Crippen LogP contribution in [0.1, 0.15) is 25.0 Å². The van der Waals surface area contributed by atoms with E-state index in [1.807, 2.05) is 37.3 Å². The van der Waals surface area contributed by atoms with Crippen LogP contribution in [0.3, 0.4) is 0 Å². The molecule has 1 saturated heterocycles. The Hall–Kier alpha value is -0.910. The second-order valence-corrected chi connectivity index (χ2v) is 5.93. The minimum atomic E-state index is -3.28. The molecule has 1 unspecified atom stereocenters. The van der Waals surface area contributed by atoms with Crippen molar-refractivity contribution in [1.29, 1.82) is 0 Å². The van der Waals surface area contributed by atoms with Crippen molar-refractivity contribution in [3.8, 4) is 0 Å². The SMILES string of the molecule is CC1C[C@H](c2ccccc2)ON1S(C)(=O)=O. The van der Waals surface area contributed by atoms with Crippen LogP contribution in [0.2, 0.25) is 0 Å². The highest BCUT2D eigenvalue weighted by Crippen LogP contribution is 2.34. The predicted molar refractivity (Wildman–Crippen MR) is 61.0 cm³/mol. The predicted octanol–water partition coefficient (Wildman–Crippen LogP) is 1.71. The molecule has 0 aromatic heterocycles. The van der Waals surface area contributed by atoms with Crippen LogP contribution in [0.5, 0.6) is 0 Å². The molecular formula is C11H15NO3S. The second-order valence-electron chi connectivity index (χ2n) is 4.11. The highest BCUT2D eigenvalue weighted by molar-refractivity contribution is 7.88. The van der Waals surface area contributed by atoms with Gasteiger partial charge in [0, 0.05) is 0 Å². The van der Waals surface area contributed by atoms with Gasteiger partial charge in [-0.2, -0.15) is 0 Å². The maximum atomic E-state index is 11.4. The molecule has 0 N–H and O–H groups in total. The summed E-state index contributed by atoms with van der Waals surface area (Å²) in [5.74, 6) is 0. The third kappa shape index (κ3) is 2.26. The van der Waals surface area contributed by atoms with Crippen molar-refractivity contribution in [3.05, 3.63) is 35.9 Å². The number of nitrogens with zero attached hydrogens (tertiary/aromatic N) is 1. The molecule has 1 aromatic rings. The Morgan fingerprint density at radius 3 is 2.44 bits per heavy atom. The molecule has 5 heteroatoms. The lowest BCUT2D eigenvalue weighted by atomic mass is 10.0. The Morgan fingerprint density at radius 2 is 1.94 bits per heavy atom. The summed E-state index contributed by atoms with van der Waals surface area (Å²) in [5.41, 5.74) is 1.01. The molecule has 4 nitrogen and oxygen atoms in total. The standard InChI is InChI=1S/C11H15NO3S/c1-9-8-11(10-6-4-3-5-7-10)15-12(9)16(2,13)14/h3-7,9,11H,8H2,1-2H3/t9?,11-/m1/s1. The molecule has 1 fully saturated rings. The first kappa shape index (κ1) is 11.6. The fourth-order valence-corrected chi connectivity index (χ4v) is 2.94. The lowest BCUT2D eigenvalue weighted by molar-refractivity contribution is -0.0885. The van der Waals surface area contributed by atoms with E-state index in [0.29, 0.717) is 6.42 Å². The zero-order chi connectivity index (χ0) is 11.8. The van der Waals surface area contributed by atoms with Crippen LogP contribution in [0.15, 0.2) is 30.3 Å². The van der Waals surface area contributed by atoms with E-state index in [-0.39, 0.29) is 12.1 Å². The molecule has 0 saturated carbocycles. The lowest BCUT2D eigenvalue weighted by Gasteiger charge is -2.16. The van der Waals surface area contributed by atoms with Gasteiger partial charge >= 0.3 is 0 Å². The fourth-order valence-electron chi connectivity index (χ4n) is 1.94. The van der Waals surface area contributed by atoms with Crippen molar-refractivity contribution in [2.75, 3.05) is 6.26 Å². The van der Waals surface area contributed by atoms with Crippen LogP contribution in [0, 0.1) is 0 Å². The van der Waals surface area contributed by atoms with Crippen LogP contribution in [-0.4, -0.2) is 25.2 Å². The fraction of sp³-hybridized carbons (Fsp3) is 0.455. The first-order valence-electron chi connectivity index (χ1n) is 5.19. The van der Waals surface area contributed by atoms with E-state index in [1.54, 1.807) is 0 Å². The maximum Gasteiger partial charge on any atom is 0.233 e. The van der Waals surface area contributed by atoms with Gasteiger partial charge < -0.3 is 0 Å². The van der Waals surface area contributed by atoms with Crippen LogP contribution in [0.25, 0.3) is 0 Å². The van der Waals surface area contributed by atoms with Crippen molar-refractivity contribution in [2.45, 2.75) is 25.5 Å². The monoisotopic (exact) mass is 241 g/mol. The second kappa shape index (κ2) is 4.16. The highest BCUT2D eigenvalue weighted by Gasteiger charge is 2.36. The minimum absolute atomic E-state index is 0.111. The summed E-state index contributed by atoms with van der Waals surface area (Å²) in [6.45, 7) is 1.85. The maximum absolute atomic E-state index is 11.4. The van der Waals surface area contributed by atoms with E-state index in [2.05, 4.69) is 0 Å². The number of hydroxylamine groups is 1. The molecular weight excluding hydrogens is 226 g/mol. The highest BCUT2D eigenvalue weighted by atomic mass is 32.2. The number of hydrogen-bond donors (Lipinski definition) is 0. The van der Waals surface area contributed by atoms with E-state index in [1.165, 1.54) is 0 Å². The molecule has 88 valence electrons. The summed E-state index contributed by atoms with van der Waals surface area (Å²) in [6.07, 6.45) is 1.69. The smallest absolute Gasteiger partial charge is 0.233 e. The number of hydrogen-bond acceptors (Lipinski definition) is 3. The van der Waals surface area contributed by atoms with Crippen molar-refractivity contribution in [1.82, 2.24) is 4.47 Å². The van der Waals surface area contributed by atoms with E-state index < -0.39 is 10.0 Å². The molecule has 1 heterocycles. The molecule has 0 aliphatic carbocycles. The molecule has 1 aliphatic heterocycles. The van der Waals surface area contributed by atoms with Crippen molar-refractivity contribution in [3.63, 3.8) is 0 Å². The van der Waals surface area contributed by atoms with Crippen LogP contribution in [-0.2, 0) is 14.9 Å². The molecule has 2 rings (SSSR count). The summed E-state index contributed by atoms with van der Waals surface area (Å²) >= 11 is 0. The molecule has 2 atom stereocenters. The van der Waals surface area contributed by atoms with Gasteiger partial charge in [-0.05, 0) is 18.9 Å². The van der Waals surface area contributed by atoms with E-state index in [9.17, 15) is 8.42 Å². The van der Waals surface area contributed by atoms with E-state index >= 15 is 0 Å². The Balaban J connectivity index is 2.19. The first-order valence-corrected chi connectivity index (χ1v) is 7.04. The van der Waals surface area contributed by atoms with Gasteiger partial charge in [-0.1, -0.05) is 34.8 Å². The zero-order valence-electron chi connectivity index (χ0n) is 9.33. The van der Waals surface area contributed by atoms with Gasteiger partial charge in [-0.15, -0.1) is 0 Å². The van der Waals surface area contributed by atoms with Crippen LogP contribution >= 0.6 is 0 Å². The van der Waals surface area contributed by atoms with Crippen LogP contribution < -0.4 is 0 Å². The largest absolute Gasteiger partial charge is 0.276 e. The third-order valence-electron chi connectivity index (χ3n) is 2.64. The minimum Gasteiger partial charge on any atom is -0.276 e. The topological polar surface area (TPSA) is 46.6 Å². The Bertz CT molecular complexity index is 457. The number of sulfonamides is 1. The average Bonchev–Trinajstić information content (AvgIpc) is 2.61. The molecule has 1 aromatic carbocycles. The Morgan fingerprint density at radius 1 is 1.31 bits per heavy atom. The Labute approximate surface area is 95.8 Å². The molecule has 1 aliphatic rings. The molecule has 0 bridgehead atoms. The summed E-state index contributed by atoms with van der Waals surface area (Å²) in [6, 6.07) is 9.56. The first-order chi connectivity index (χ1) is 7.48. The molecule has 16 heavy (non-hydrogen) atoms. The average molecular weight is 241 g/mol. The zero-order valence-corrected chi connectivity index (χ0v) is 10.1. The van der Waals surface area contributed by atoms with Gasteiger partial charge in [-0.25, -0.2) is 8.42 Å². The van der Waals surface area contributed by atoms with Gasteiger partial charge in [0.25, 0.3) is 0 Å². The van der Waals surface area contributed by atoms with E-state index in [4.69, 9.17) is 4.84 Å². The molecule has 0 amide bonds. The van der Waals surface area contributed by atoms with Gasteiger partial charge in [0.05, 0.1) is 12.3 Å². The van der Waals surface area contributed by atoms with Gasteiger partial charge in [0.2, 0.25) is 10.0 Å². The lowest BCUT2D eigenvalue weighted by Crippen LogP contribution is -2.31. The summed E-state index contributed by atoms with van der Waals surface area (Å²) < 4.78 is 23.9. The molecule has 0 radical (unpaired) electrons. The third-order valence-corrected chi connectivity index (χ3v) is 3.74. The van der Waals surface area contributed by atoms with Gasteiger partial charge in [0.1, 0.15) is 6.10 Å². The van der Waals surface area contributed by atoms with Gasteiger partial charge in [0.15, 0.2) is 0 Å². The quantitative estimate of drug-likeness (QED) is 0.792. The Kier molecular flexibility index (Phi) is 3.01. The van der Waals surface area contributed by atoms with E-state index in [0.717, 1.165) is 16.3 Å². The number of rotatable bonds is 2. The van der Waals surface area contributed by atoms with Crippen LogP contribution in [0.4, 0.5) is 0 Å². The molecule has 0 spiro atoms. The van der Waals surface area contributed by atoms with Crippen molar-refractivity contribution >= 4 is 10.0 Å². The summed E-state index contributed by atoms with van der Waals surface area (Å²) in [5, 5.41) is 0. The summed E-state index contributed by atoms with van der Waals surface area (Å²) in [7, 11) is -3.28. The van der Waals surface area contributed by atoms with Crippen molar-refractivity contribution in [2.24, 2.45) is 0 Å².